The highest BCUT2D eigenvalue weighted by molar-refractivity contribution is 5.76. The average molecular weight is 228 g/mol. The van der Waals surface area contributed by atoms with Crippen molar-refractivity contribution in [3.05, 3.63) is 0 Å². The van der Waals surface area contributed by atoms with E-state index >= 15 is 0 Å². The third-order valence-corrected chi connectivity index (χ3v) is 3.09. The summed E-state index contributed by atoms with van der Waals surface area (Å²) in [7, 11) is 3.65. The van der Waals surface area contributed by atoms with Gasteiger partial charge in [-0.05, 0) is 38.8 Å². The minimum atomic E-state index is 0.302. The lowest BCUT2D eigenvalue weighted by atomic mass is 9.98. The minimum Gasteiger partial charge on any atom is -0.384 e. The van der Waals surface area contributed by atoms with Crippen LogP contribution in [-0.2, 0) is 9.53 Å². The number of likely N-dealkylation sites (tertiary alicyclic amines) is 1. The monoisotopic (exact) mass is 228 g/mol. The van der Waals surface area contributed by atoms with E-state index in [0.29, 0.717) is 18.2 Å². The van der Waals surface area contributed by atoms with Gasteiger partial charge < -0.3 is 15.0 Å². The zero-order valence-corrected chi connectivity index (χ0v) is 10.5. The molecule has 1 aliphatic heterocycles. The molecule has 1 atom stereocenters. The number of piperidine rings is 1. The number of hydrogen-bond donors (Lipinski definition) is 1. The van der Waals surface area contributed by atoms with Crippen molar-refractivity contribution in [1.29, 1.82) is 0 Å². The number of hydrogen-bond acceptors (Lipinski definition) is 3. The van der Waals surface area contributed by atoms with Gasteiger partial charge in [0.15, 0.2) is 0 Å². The first-order chi connectivity index (χ1) is 7.77. The molecular formula is C12H24N2O2. The molecule has 0 saturated carbocycles. The summed E-state index contributed by atoms with van der Waals surface area (Å²) in [6, 6.07) is 0. The summed E-state index contributed by atoms with van der Waals surface area (Å²) in [5, 5.41) is 3.06. The zero-order chi connectivity index (χ0) is 11.8. The zero-order valence-electron chi connectivity index (χ0n) is 10.5. The van der Waals surface area contributed by atoms with Gasteiger partial charge >= 0.3 is 0 Å². The maximum Gasteiger partial charge on any atom is 0.222 e. The Morgan fingerprint density at radius 2 is 2.38 bits per heavy atom. The average Bonchev–Trinajstić information content (AvgIpc) is 2.30. The Morgan fingerprint density at radius 1 is 1.56 bits per heavy atom. The summed E-state index contributed by atoms with van der Waals surface area (Å²) < 4.78 is 5.16. The molecule has 0 radical (unpaired) electrons. The van der Waals surface area contributed by atoms with Gasteiger partial charge in [-0.2, -0.15) is 0 Å². The summed E-state index contributed by atoms with van der Waals surface area (Å²) in [5.74, 6) is 0.836. The number of nitrogens with zero attached hydrogens (tertiary/aromatic N) is 1. The summed E-state index contributed by atoms with van der Waals surface area (Å²) in [6.07, 6.45) is 3.90. The molecule has 1 heterocycles. The van der Waals surface area contributed by atoms with Gasteiger partial charge in [0.1, 0.15) is 0 Å². The maximum absolute atomic E-state index is 11.9. The predicted molar refractivity (Wildman–Crippen MR) is 64.3 cm³/mol. The van der Waals surface area contributed by atoms with Crippen molar-refractivity contribution in [2.24, 2.45) is 5.92 Å². The third kappa shape index (κ3) is 4.49. The number of carbonyl (C=O) groups excluding carboxylic acids is 1. The van der Waals surface area contributed by atoms with Crippen molar-refractivity contribution in [2.75, 3.05) is 40.4 Å². The molecule has 0 bridgehead atoms. The van der Waals surface area contributed by atoms with Gasteiger partial charge in [0.25, 0.3) is 0 Å². The fraction of sp³-hybridized carbons (Fsp3) is 0.917. The molecule has 94 valence electrons. The number of methoxy groups -OCH3 is 1. The summed E-state index contributed by atoms with van der Waals surface area (Å²) >= 11 is 0. The van der Waals surface area contributed by atoms with E-state index in [1.165, 1.54) is 6.42 Å². The highest BCUT2D eigenvalue weighted by atomic mass is 16.5. The van der Waals surface area contributed by atoms with Crippen LogP contribution in [0.1, 0.15) is 25.7 Å². The Kier molecular flexibility index (Phi) is 6.42. The standard InChI is InChI=1S/C12H24N2O2/c1-13-7-3-6-12(15)14-8-4-5-11(9-14)10-16-2/h11,13H,3-10H2,1-2H3. The molecule has 4 nitrogen and oxygen atoms in total. The third-order valence-electron chi connectivity index (χ3n) is 3.09. The van der Waals surface area contributed by atoms with Crippen molar-refractivity contribution in [2.45, 2.75) is 25.7 Å². The quantitative estimate of drug-likeness (QED) is 0.686. The van der Waals surface area contributed by atoms with Crippen molar-refractivity contribution in [3.63, 3.8) is 0 Å². The van der Waals surface area contributed by atoms with E-state index < -0.39 is 0 Å². The van der Waals surface area contributed by atoms with Crippen LogP contribution in [0.15, 0.2) is 0 Å². The van der Waals surface area contributed by atoms with Crippen LogP contribution in [0, 0.1) is 5.92 Å². The summed E-state index contributed by atoms with van der Waals surface area (Å²) in [5.41, 5.74) is 0. The molecule has 1 unspecified atom stereocenters. The van der Waals surface area contributed by atoms with Crippen molar-refractivity contribution < 1.29 is 9.53 Å². The first-order valence-electron chi connectivity index (χ1n) is 6.19. The molecule has 1 N–H and O–H groups in total. The first-order valence-corrected chi connectivity index (χ1v) is 6.19. The van der Waals surface area contributed by atoms with Crippen LogP contribution < -0.4 is 5.32 Å². The Hall–Kier alpha value is -0.610. The van der Waals surface area contributed by atoms with Crippen LogP contribution in [0.25, 0.3) is 0 Å². The van der Waals surface area contributed by atoms with E-state index in [0.717, 1.165) is 39.1 Å². The van der Waals surface area contributed by atoms with E-state index in [1.807, 2.05) is 11.9 Å². The number of carbonyl (C=O) groups is 1. The Morgan fingerprint density at radius 3 is 3.06 bits per heavy atom. The Bertz CT molecular complexity index is 207. The number of nitrogens with one attached hydrogen (secondary N) is 1. The molecule has 1 rings (SSSR count). The molecule has 0 aromatic carbocycles. The second kappa shape index (κ2) is 7.63. The Labute approximate surface area is 98.3 Å². The predicted octanol–water partition coefficient (Wildman–Crippen LogP) is 0.871. The van der Waals surface area contributed by atoms with Crippen molar-refractivity contribution in [3.8, 4) is 0 Å². The van der Waals surface area contributed by atoms with E-state index in [9.17, 15) is 4.79 Å². The van der Waals surface area contributed by atoms with Crippen molar-refractivity contribution in [1.82, 2.24) is 10.2 Å². The van der Waals surface area contributed by atoms with Crippen LogP contribution in [0.4, 0.5) is 0 Å². The smallest absolute Gasteiger partial charge is 0.222 e. The highest BCUT2D eigenvalue weighted by Gasteiger charge is 2.22. The number of ether oxygens (including phenoxy) is 1. The fourth-order valence-electron chi connectivity index (χ4n) is 2.24. The van der Waals surface area contributed by atoms with E-state index in [1.54, 1.807) is 7.11 Å². The second-order valence-corrected chi connectivity index (χ2v) is 4.51. The number of rotatable bonds is 6. The molecule has 0 spiro atoms. The minimum absolute atomic E-state index is 0.302. The molecule has 4 heteroatoms. The molecule has 0 aromatic rings. The Balaban J connectivity index is 2.26. The lowest BCUT2D eigenvalue weighted by molar-refractivity contribution is -0.133. The molecule has 16 heavy (non-hydrogen) atoms. The van der Waals surface area contributed by atoms with Crippen LogP contribution in [0.3, 0.4) is 0 Å². The summed E-state index contributed by atoms with van der Waals surface area (Å²) in [6.45, 7) is 3.51. The molecule has 0 aliphatic carbocycles. The molecular weight excluding hydrogens is 204 g/mol. The lowest BCUT2D eigenvalue weighted by Gasteiger charge is -2.32. The SMILES string of the molecule is CNCCCC(=O)N1CCCC(COC)C1. The largest absolute Gasteiger partial charge is 0.384 e. The summed E-state index contributed by atoms with van der Waals surface area (Å²) in [4.78, 5) is 13.9. The fourth-order valence-corrected chi connectivity index (χ4v) is 2.24. The normalized spacial score (nSPS) is 21.1. The number of amides is 1. The van der Waals surface area contributed by atoms with Crippen molar-refractivity contribution >= 4 is 5.91 Å². The van der Waals surface area contributed by atoms with Gasteiger partial charge in [-0.1, -0.05) is 0 Å². The molecule has 1 amide bonds. The van der Waals surface area contributed by atoms with E-state index in [4.69, 9.17) is 4.74 Å². The van der Waals surface area contributed by atoms with Crippen LogP contribution in [0.5, 0.6) is 0 Å². The highest BCUT2D eigenvalue weighted by Crippen LogP contribution is 2.17. The van der Waals surface area contributed by atoms with E-state index in [2.05, 4.69) is 5.32 Å². The van der Waals surface area contributed by atoms with Gasteiger partial charge in [0.05, 0.1) is 6.61 Å². The van der Waals surface area contributed by atoms with Gasteiger partial charge in [-0.25, -0.2) is 0 Å². The van der Waals surface area contributed by atoms with Crippen LogP contribution in [0.2, 0.25) is 0 Å². The molecule has 1 aliphatic rings. The van der Waals surface area contributed by atoms with Crippen LogP contribution in [-0.4, -0.2) is 51.2 Å². The molecule has 1 fully saturated rings. The second-order valence-electron chi connectivity index (χ2n) is 4.51. The van der Waals surface area contributed by atoms with E-state index in [-0.39, 0.29) is 0 Å². The molecule has 1 saturated heterocycles. The van der Waals surface area contributed by atoms with Crippen LogP contribution >= 0.6 is 0 Å². The van der Waals surface area contributed by atoms with Gasteiger partial charge in [-0.3, -0.25) is 4.79 Å². The maximum atomic E-state index is 11.9. The molecule has 0 aromatic heterocycles. The lowest BCUT2D eigenvalue weighted by Crippen LogP contribution is -2.41. The van der Waals surface area contributed by atoms with Gasteiger partial charge in [0.2, 0.25) is 5.91 Å². The first kappa shape index (κ1) is 13.5. The van der Waals surface area contributed by atoms with Gasteiger partial charge in [0, 0.05) is 26.6 Å². The van der Waals surface area contributed by atoms with Gasteiger partial charge in [-0.15, -0.1) is 0 Å². The topological polar surface area (TPSA) is 41.6 Å².